The minimum atomic E-state index is -0.677. The van der Waals surface area contributed by atoms with E-state index in [4.69, 9.17) is 10.8 Å². The van der Waals surface area contributed by atoms with E-state index in [1.54, 1.807) is 16.7 Å². The number of hydrogen-bond acceptors (Lipinski definition) is 4. The van der Waals surface area contributed by atoms with Crippen LogP contribution in [0.3, 0.4) is 0 Å². The molecule has 1 rings (SSSR count). The molecule has 98 valence electrons. The van der Waals surface area contributed by atoms with Crippen molar-refractivity contribution >= 4 is 23.7 Å². The van der Waals surface area contributed by atoms with Crippen LogP contribution in [0.15, 0.2) is 0 Å². The largest absolute Gasteiger partial charge is 0.396 e. The number of likely N-dealkylation sites (tertiary alicyclic amines) is 1. The van der Waals surface area contributed by atoms with Crippen molar-refractivity contribution in [2.45, 2.75) is 12.5 Å². The highest BCUT2D eigenvalue weighted by molar-refractivity contribution is 7.98. The lowest BCUT2D eigenvalue weighted by Gasteiger charge is -2.40. The predicted molar refractivity (Wildman–Crippen MR) is 66.7 cm³/mol. The second kappa shape index (κ2) is 6.70. The number of carbonyl (C=O) groups excluding carboxylic acids is 2. The van der Waals surface area contributed by atoms with Gasteiger partial charge in [-0.3, -0.25) is 4.79 Å². The zero-order chi connectivity index (χ0) is 12.8. The molecule has 3 amide bonds. The van der Waals surface area contributed by atoms with Crippen molar-refractivity contribution in [3.05, 3.63) is 0 Å². The average molecular weight is 261 g/mol. The first-order valence-corrected chi connectivity index (χ1v) is 6.92. The van der Waals surface area contributed by atoms with Crippen LogP contribution in [0.1, 0.15) is 6.42 Å². The molecule has 0 aliphatic carbocycles. The zero-order valence-electron chi connectivity index (χ0n) is 9.89. The Balaban J connectivity index is 2.45. The van der Waals surface area contributed by atoms with Gasteiger partial charge in [0.15, 0.2) is 0 Å². The van der Waals surface area contributed by atoms with Crippen molar-refractivity contribution in [3.8, 4) is 0 Å². The normalized spacial score (nSPS) is 17.4. The fourth-order valence-electron chi connectivity index (χ4n) is 1.75. The molecule has 7 heteroatoms. The Morgan fingerprint density at radius 2 is 2.24 bits per heavy atom. The molecule has 0 aromatic heterocycles. The molecule has 6 nitrogen and oxygen atoms in total. The van der Waals surface area contributed by atoms with E-state index in [0.717, 1.165) is 5.75 Å². The first-order chi connectivity index (χ1) is 8.08. The number of urea groups is 1. The van der Waals surface area contributed by atoms with E-state index in [2.05, 4.69) is 5.32 Å². The summed E-state index contributed by atoms with van der Waals surface area (Å²) in [4.78, 5) is 24.5. The summed E-state index contributed by atoms with van der Waals surface area (Å²) < 4.78 is 0. The molecule has 0 aromatic carbocycles. The van der Waals surface area contributed by atoms with Gasteiger partial charge in [0.1, 0.15) is 6.04 Å². The minimum Gasteiger partial charge on any atom is -0.396 e. The number of primary amides is 1. The lowest BCUT2D eigenvalue weighted by Crippen LogP contribution is -2.58. The fraction of sp³-hybridized carbons (Fsp3) is 0.800. The first kappa shape index (κ1) is 14.1. The van der Waals surface area contributed by atoms with Crippen LogP contribution in [-0.4, -0.2) is 59.7 Å². The van der Waals surface area contributed by atoms with Gasteiger partial charge in [0, 0.05) is 25.6 Å². The number of aliphatic hydroxyl groups is 1. The van der Waals surface area contributed by atoms with E-state index in [1.165, 1.54) is 0 Å². The summed E-state index contributed by atoms with van der Waals surface area (Å²) in [7, 11) is 0. The monoisotopic (exact) mass is 261 g/mol. The van der Waals surface area contributed by atoms with E-state index in [9.17, 15) is 9.59 Å². The van der Waals surface area contributed by atoms with Crippen LogP contribution in [0.25, 0.3) is 0 Å². The highest BCUT2D eigenvalue weighted by Gasteiger charge is 2.34. The molecule has 17 heavy (non-hydrogen) atoms. The quantitative estimate of drug-likeness (QED) is 0.585. The number of thioether (sulfide) groups is 1. The second-order valence-corrected chi connectivity index (χ2v) is 5.12. The third-order valence-corrected chi connectivity index (χ3v) is 3.40. The zero-order valence-corrected chi connectivity index (χ0v) is 10.7. The maximum atomic E-state index is 12.0. The first-order valence-electron chi connectivity index (χ1n) is 5.53. The Bertz CT molecular complexity index is 282. The summed E-state index contributed by atoms with van der Waals surface area (Å²) in [6.07, 6.45) is 2.51. The minimum absolute atomic E-state index is 0.0997. The van der Waals surface area contributed by atoms with Crippen LogP contribution in [0, 0.1) is 5.92 Å². The van der Waals surface area contributed by atoms with Crippen molar-refractivity contribution < 1.29 is 14.7 Å². The number of aliphatic hydroxyl groups excluding tert-OH is 1. The maximum Gasteiger partial charge on any atom is 0.312 e. The molecule has 1 fully saturated rings. The Morgan fingerprint density at radius 3 is 2.71 bits per heavy atom. The Hall–Kier alpha value is -0.950. The molecule has 4 N–H and O–H groups in total. The lowest BCUT2D eigenvalue weighted by atomic mass is 9.99. The summed E-state index contributed by atoms with van der Waals surface area (Å²) >= 11 is 1.61. The van der Waals surface area contributed by atoms with Crippen LogP contribution in [-0.2, 0) is 4.79 Å². The van der Waals surface area contributed by atoms with E-state index < -0.39 is 12.1 Å². The third kappa shape index (κ3) is 4.08. The van der Waals surface area contributed by atoms with Gasteiger partial charge in [0.25, 0.3) is 0 Å². The van der Waals surface area contributed by atoms with Crippen molar-refractivity contribution in [2.75, 3.05) is 31.7 Å². The van der Waals surface area contributed by atoms with Crippen LogP contribution in [0.5, 0.6) is 0 Å². The molecular formula is C10H19N3O3S. The van der Waals surface area contributed by atoms with Crippen LogP contribution < -0.4 is 11.1 Å². The molecule has 0 bridgehead atoms. The van der Waals surface area contributed by atoms with Gasteiger partial charge in [-0.25, -0.2) is 4.79 Å². The van der Waals surface area contributed by atoms with Gasteiger partial charge >= 0.3 is 6.03 Å². The second-order valence-electron chi connectivity index (χ2n) is 4.13. The Kier molecular flexibility index (Phi) is 5.57. The van der Waals surface area contributed by atoms with E-state index in [1.807, 2.05) is 6.26 Å². The maximum absolute atomic E-state index is 12.0. The SMILES string of the molecule is CSCCC(NC(N)=O)C(=O)N1CC(CO)C1. The summed E-state index contributed by atoms with van der Waals surface area (Å²) in [5.41, 5.74) is 5.05. The van der Waals surface area contributed by atoms with Gasteiger partial charge in [-0.1, -0.05) is 0 Å². The number of nitrogens with one attached hydrogen (secondary N) is 1. The van der Waals surface area contributed by atoms with E-state index in [-0.39, 0.29) is 18.4 Å². The smallest absolute Gasteiger partial charge is 0.312 e. The lowest BCUT2D eigenvalue weighted by molar-refractivity contribution is -0.140. The highest BCUT2D eigenvalue weighted by Crippen LogP contribution is 2.17. The number of hydrogen-bond donors (Lipinski definition) is 3. The average Bonchev–Trinajstić information content (AvgIpc) is 2.22. The van der Waals surface area contributed by atoms with Crippen LogP contribution >= 0.6 is 11.8 Å². The fourth-order valence-corrected chi connectivity index (χ4v) is 2.22. The number of rotatable bonds is 6. The number of carbonyl (C=O) groups is 2. The summed E-state index contributed by atoms with van der Waals surface area (Å²) in [5, 5.41) is 11.3. The van der Waals surface area contributed by atoms with Crippen molar-refractivity contribution in [3.63, 3.8) is 0 Å². The molecule has 1 atom stereocenters. The third-order valence-electron chi connectivity index (χ3n) is 2.75. The molecule has 1 unspecified atom stereocenters. The number of nitrogens with two attached hydrogens (primary N) is 1. The summed E-state index contributed by atoms with van der Waals surface area (Å²) in [6.45, 7) is 1.22. The van der Waals surface area contributed by atoms with Gasteiger partial charge in [0.2, 0.25) is 5.91 Å². The molecule has 1 aliphatic rings. The van der Waals surface area contributed by atoms with Gasteiger partial charge in [-0.05, 0) is 18.4 Å². The summed E-state index contributed by atoms with van der Waals surface area (Å²) in [6, 6.07) is -1.22. The molecule has 0 aromatic rings. The molecular weight excluding hydrogens is 242 g/mol. The topological polar surface area (TPSA) is 95.7 Å². The molecule has 1 heterocycles. The van der Waals surface area contributed by atoms with E-state index >= 15 is 0 Å². The summed E-state index contributed by atoms with van der Waals surface area (Å²) in [5.74, 6) is 0.852. The molecule has 0 spiro atoms. The molecule has 0 saturated carbocycles. The van der Waals surface area contributed by atoms with Gasteiger partial charge in [0.05, 0.1) is 0 Å². The Labute approximate surface area is 105 Å². The predicted octanol–water partition coefficient (Wildman–Crippen LogP) is -0.773. The van der Waals surface area contributed by atoms with Crippen LogP contribution in [0.4, 0.5) is 4.79 Å². The Morgan fingerprint density at radius 1 is 1.59 bits per heavy atom. The molecule has 1 saturated heterocycles. The van der Waals surface area contributed by atoms with Gasteiger partial charge in [-0.2, -0.15) is 11.8 Å². The molecule has 0 radical (unpaired) electrons. The van der Waals surface area contributed by atoms with E-state index in [0.29, 0.717) is 19.5 Å². The van der Waals surface area contributed by atoms with Gasteiger partial charge in [-0.15, -0.1) is 0 Å². The highest BCUT2D eigenvalue weighted by atomic mass is 32.2. The van der Waals surface area contributed by atoms with Crippen molar-refractivity contribution in [1.29, 1.82) is 0 Å². The van der Waals surface area contributed by atoms with Crippen molar-refractivity contribution in [2.24, 2.45) is 11.7 Å². The number of nitrogens with zero attached hydrogens (tertiary/aromatic N) is 1. The van der Waals surface area contributed by atoms with Crippen molar-refractivity contribution in [1.82, 2.24) is 10.2 Å². The van der Waals surface area contributed by atoms with Gasteiger partial charge < -0.3 is 21.1 Å². The van der Waals surface area contributed by atoms with Crippen LogP contribution in [0.2, 0.25) is 0 Å². The number of amides is 3. The standard InChI is InChI=1S/C10H19N3O3S/c1-17-3-2-8(12-10(11)16)9(15)13-4-7(5-13)6-14/h7-8,14H,2-6H2,1H3,(H3,11,12,16). The molecule has 1 aliphatic heterocycles.